The van der Waals surface area contributed by atoms with Gasteiger partial charge < -0.3 is 9.47 Å². The highest BCUT2D eigenvalue weighted by molar-refractivity contribution is 5.72. The van der Waals surface area contributed by atoms with E-state index in [1.54, 1.807) is 0 Å². The van der Waals surface area contributed by atoms with Crippen LogP contribution in [0.1, 0.15) is 142 Å². The summed E-state index contributed by atoms with van der Waals surface area (Å²) < 4.78 is 11.3. The maximum atomic E-state index is 12.7. The van der Waals surface area contributed by atoms with Crippen molar-refractivity contribution in [3.63, 3.8) is 0 Å². The Hall–Kier alpha value is -2.70. The van der Waals surface area contributed by atoms with Crippen LogP contribution < -0.4 is 0 Å². The first-order valence-corrected chi connectivity index (χ1v) is 19.4. The highest BCUT2D eigenvalue weighted by Crippen LogP contribution is 2.21. The third-order valence-corrected chi connectivity index (χ3v) is 9.06. The summed E-state index contributed by atoms with van der Waals surface area (Å²) in [7, 11) is 0. The maximum Gasteiger partial charge on any atom is 0.320 e. The average Bonchev–Trinajstić information content (AvgIpc) is 3.10. The van der Waals surface area contributed by atoms with Gasteiger partial charge in [-0.05, 0) is 74.1 Å². The molecule has 0 unspecified atom stereocenters. The van der Waals surface area contributed by atoms with Crippen LogP contribution in [0.3, 0.4) is 0 Å². The summed E-state index contributed by atoms with van der Waals surface area (Å²) in [6, 6.07) is 16.4. The highest BCUT2D eigenvalue weighted by Gasteiger charge is 2.13. The van der Waals surface area contributed by atoms with Crippen LogP contribution in [0.25, 0.3) is 11.1 Å². The van der Waals surface area contributed by atoms with Gasteiger partial charge in [0.25, 0.3) is 0 Å². The minimum Gasteiger partial charge on any atom is -0.460 e. The van der Waals surface area contributed by atoms with Gasteiger partial charge in [-0.25, -0.2) is 0 Å². The molecule has 0 aromatic heterocycles. The van der Waals surface area contributed by atoms with E-state index in [1.807, 2.05) is 24.3 Å². The topological polar surface area (TPSA) is 59.1 Å². The van der Waals surface area contributed by atoms with Crippen molar-refractivity contribution in [2.24, 2.45) is 0 Å². The average molecular weight is 665 g/mol. The molecule has 6 nitrogen and oxygen atoms in total. The molecule has 270 valence electrons. The van der Waals surface area contributed by atoms with Gasteiger partial charge in [0.15, 0.2) is 0 Å². The Kier molecular flexibility index (Phi) is 23.5. The fourth-order valence-electron chi connectivity index (χ4n) is 5.91. The second-order valence-corrected chi connectivity index (χ2v) is 13.5. The fourth-order valence-corrected chi connectivity index (χ4v) is 5.91. The van der Waals surface area contributed by atoms with Gasteiger partial charge in [-0.15, -0.1) is 0 Å². The first-order valence-electron chi connectivity index (χ1n) is 19.4. The molecule has 0 atom stereocenters. The minimum atomic E-state index is -0.149. The number of rotatable bonds is 29. The zero-order valence-corrected chi connectivity index (χ0v) is 31.1. The van der Waals surface area contributed by atoms with Crippen molar-refractivity contribution in [1.29, 1.82) is 0 Å². The molecule has 0 aliphatic rings. The van der Waals surface area contributed by atoms with Crippen molar-refractivity contribution in [3.05, 3.63) is 59.7 Å². The van der Waals surface area contributed by atoms with Gasteiger partial charge in [0.1, 0.15) is 13.2 Å². The summed E-state index contributed by atoms with van der Waals surface area (Å²) >= 11 is 0. The SMILES string of the molecule is CCCCCCCCN(CCCC)CC(=O)OCc1ccc(-c2ccc(COC(=O)CN(CCCC)CCCCCCCC)cc2)cc1. The molecule has 0 spiro atoms. The van der Waals surface area contributed by atoms with Crippen LogP contribution in [0.15, 0.2) is 48.5 Å². The molecule has 48 heavy (non-hydrogen) atoms. The molecule has 0 saturated carbocycles. The van der Waals surface area contributed by atoms with E-state index >= 15 is 0 Å². The number of ether oxygens (including phenoxy) is 2. The number of esters is 2. The number of benzene rings is 2. The van der Waals surface area contributed by atoms with Crippen LogP contribution >= 0.6 is 0 Å². The van der Waals surface area contributed by atoms with E-state index in [-0.39, 0.29) is 25.2 Å². The predicted octanol–water partition coefficient (Wildman–Crippen LogP) is 10.4. The number of carbonyl (C=O) groups excluding carboxylic acids is 2. The van der Waals surface area contributed by atoms with Crippen molar-refractivity contribution >= 4 is 11.9 Å². The molecule has 0 saturated heterocycles. The lowest BCUT2D eigenvalue weighted by molar-refractivity contribution is -0.147. The zero-order chi connectivity index (χ0) is 34.7. The standard InChI is InChI=1S/C42H68N2O4/c1-5-9-13-15-17-19-31-43(29-11-7-3)33-41(45)47-35-37-21-25-39(26-22-37)40-27-23-38(24-28-40)36-48-42(46)34-44(30-12-8-4)32-20-18-16-14-10-6-2/h21-28H,5-20,29-36H2,1-4H3. The number of hydrogen-bond donors (Lipinski definition) is 0. The van der Waals surface area contributed by atoms with Gasteiger partial charge in [0.2, 0.25) is 0 Å². The lowest BCUT2D eigenvalue weighted by Gasteiger charge is -2.21. The monoisotopic (exact) mass is 665 g/mol. The molecule has 0 aliphatic heterocycles. The minimum absolute atomic E-state index is 0.149. The van der Waals surface area contributed by atoms with Crippen LogP contribution in [0.2, 0.25) is 0 Å². The molecular formula is C42H68N2O4. The van der Waals surface area contributed by atoms with Crippen molar-refractivity contribution < 1.29 is 19.1 Å². The van der Waals surface area contributed by atoms with Crippen molar-refractivity contribution in [2.45, 2.75) is 144 Å². The Morgan fingerprint density at radius 1 is 0.438 bits per heavy atom. The molecule has 0 bridgehead atoms. The van der Waals surface area contributed by atoms with E-state index in [2.05, 4.69) is 61.8 Å². The van der Waals surface area contributed by atoms with Crippen molar-refractivity contribution in [2.75, 3.05) is 39.3 Å². The van der Waals surface area contributed by atoms with Gasteiger partial charge in [0, 0.05) is 0 Å². The summed E-state index contributed by atoms with van der Waals surface area (Å²) in [4.78, 5) is 29.8. The van der Waals surface area contributed by atoms with E-state index in [4.69, 9.17) is 9.47 Å². The number of unbranched alkanes of at least 4 members (excludes halogenated alkanes) is 12. The maximum absolute atomic E-state index is 12.7. The lowest BCUT2D eigenvalue weighted by Crippen LogP contribution is -2.32. The van der Waals surface area contributed by atoms with Crippen LogP contribution in [-0.4, -0.2) is 61.0 Å². The van der Waals surface area contributed by atoms with Gasteiger partial charge in [0.05, 0.1) is 13.1 Å². The first kappa shape index (κ1) is 41.5. The van der Waals surface area contributed by atoms with Crippen LogP contribution in [-0.2, 0) is 32.3 Å². The Morgan fingerprint density at radius 3 is 1.10 bits per heavy atom. The first-order chi connectivity index (χ1) is 23.5. The van der Waals surface area contributed by atoms with E-state index < -0.39 is 0 Å². The zero-order valence-electron chi connectivity index (χ0n) is 31.1. The Balaban J connectivity index is 1.76. The van der Waals surface area contributed by atoms with Gasteiger partial charge in [-0.2, -0.15) is 0 Å². The Labute approximate surface area is 294 Å². The molecule has 0 radical (unpaired) electrons. The molecule has 2 aromatic rings. The van der Waals surface area contributed by atoms with Gasteiger partial charge in [-0.1, -0.05) is 153 Å². The van der Waals surface area contributed by atoms with Crippen LogP contribution in [0, 0.1) is 0 Å². The van der Waals surface area contributed by atoms with Gasteiger partial charge >= 0.3 is 11.9 Å². The van der Waals surface area contributed by atoms with Crippen LogP contribution in [0.5, 0.6) is 0 Å². The number of hydrogen-bond acceptors (Lipinski definition) is 6. The Morgan fingerprint density at radius 2 is 0.750 bits per heavy atom. The molecule has 2 rings (SSSR count). The molecule has 0 heterocycles. The van der Waals surface area contributed by atoms with E-state index in [1.165, 1.54) is 64.2 Å². The fraction of sp³-hybridized carbons (Fsp3) is 0.667. The Bertz CT molecular complexity index is 998. The largest absolute Gasteiger partial charge is 0.460 e. The predicted molar refractivity (Wildman–Crippen MR) is 201 cm³/mol. The summed E-state index contributed by atoms with van der Waals surface area (Å²) in [5, 5.41) is 0. The van der Waals surface area contributed by atoms with E-state index in [0.29, 0.717) is 13.1 Å². The molecule has 6 heteroatoms. The van der Waals surface area contributed by atoms with Crippen LogP contribution in [0.4, 0.5) is 0 Å². The molecule has 0 aliphatic carbocycles. The smallest absolute Gasteiger partial charge is 0.320 e. The third-order valence-electron chi connectivity index (χ3n) is 9.06. The quantitative estimate of drug-likeness (QED) is 0.0637. The second-order valence-electron chi connectivity index (χ2n) is 13.5. The number of nitrogens with zero attached hydrogens (tertiary/aromatic N) is 2. The lowest BCUT2D eigenvalue weighted by atomic mass is 10.0. The summed E-state index contributed by atoms with van der Waals surface area (Å²) in [5.41, 5.74) is 4.16. The van der Waals surface area contributed by atoms with Crippen molar-refractivity contribution in [1.82, 2.24) is 9.80 Å². The molecule has 0 amide bonds. The highest BCUT2D eigenvalue weighted by atomic mass is 16.5. The number of carbonyl (C=O) groups is 2. The summed E-state index contributed by atoms with van der Waals surface area (Å²) in [6.07, 6.45) is 19.6. The molecule has 0 N–H and O–H groups in total. The second kappa shape index (κ2) is 27.2. The van der Waals surface area contributed by atoms with E-state index in [9.17, 15) is 9.59 Å². The molecular weight excluding hydrogens is 596 g/mol. The van der Waals surface area contributed by atoms with Gasteiger partial charge in [-0.3, -0.25) is 19.4 Å². The normalized spacial score (nSPS) is 11.4. The summed E-state index contributed by atoms with van der Waals surface area (Å²) in [6.45, 7) is 14.0. The summed E-state index contributed by atoms with van der Waals surface area (Å²) in [5.74, 6) is -0.298. The molecule has 0 fully saturated rings. The van der Waals surface area contributed by atoms with Crippen molar-refractivity contribution in [3.8, 4) is 11.1 Å². The third kappa shape index (κ3) is 19.3. The van der Waals surface area contributed by atoms with E-state index in [0.717, 1.165) is 87.0 Å². The molecule has 2 aromatic carbocycles.